The summed E-state index contributed by atoms with van der Waals surface area (Å²) >= 11 is 0. The second kappa shape index (κ2) is 7.67. The lowest BCUT2D eigenvalue weighted by atomic mass is 9.82. The molecule has 0 radical (unpaired) electrons. The first-order chi connectivity index (χ1) is 10.4. The van der Waals surface area contributed by atoms with Gasteiger partial charge in [-0.15, -0.1) is 0 Å². The summed E-state index contributed by atoms with van der Waals surface area (Å²) in [5, 5.41) is 6.90. The SMILES string of the molecule is CCC1CCCCC1NC1CCC(NC(=O)OC(C)(C)C)C1. The maximum atomic E-state index is 11.9. The number of rotatable bonds is 4. The van der Waals surface area contributed by atoms with Crippen molar-refractivity contribution in [3.63, 3.8) is 0 Å². The van der Waals surface area contributed by atoms with E-state index in [0.29, 0.717) is 12.1 Å². The van der Waals surface area contributed by atoms with Gasteiger partial charge in [0.1, 0.15) is 5.60 Å². The van der Waals surface area contributed by atoms with Crippen molar-refractivity contribution in [2.75, 3.05) is 0 Å². The van der Waals surface area contributed by atoms with Crippen LogP contribution in [0, 0.1) is 5.92 Å². The van der Waals surface area contributed by atoms with Crippen LogP contribution in [0.15, 0.2) is 0 Å². The molecule has 1 amide bonds. The highest BCUT2D eigenvalue weighted by molar-refractivity contribution is 5.68. The molecule has 2 rings (SSSR count). The van der Waals surface area contributed by atoms with Crippen molar-refractivity contribution < 1.29 is 9.53 Å². The lowest BCUT2D eigenvalue weighted by molar-refractivity contribution is 0.0505. The highest BCUT2D eigenvalue weighted by atomic mass is 16.6. The van der Waals surface area contributed by atoms with E-state index in [4.69, 9.17) is 4.74 Å². The van der Waals surface area contributed by atoms with Gasteiger partial charge in [0.2, 0.25) is 0 Å². The smallest absolute Gasteiger partial charge is 0.407 e. The summed E-state index contributed by atoms with van der Waals surface area (Å²) < 4.78 is 5.35. The van der Waals surface area contributed by atoms with Crippen LogP contribution in [0.2, 0.25) is 0 Å². The van der Waals surface area contributed by atoms with Crippen molar-refractivity contribution in [3.05, 3.63) is 0 Å². The molecule has 0 bridgehead atoms. The fourth-order valence-electron chi connectivity index (χ4n) is 3.96. The Balaban J connectivity index is 1.74. The first-order valence-corrected chi connectivity index (χ1v) is 9.13. The molecule has 2 aliphatic rings. The minimum absolute atomic E-state index is 0.260. The zero-order valence-corrected chi connectivity index (χ0v) is 14.8. The number of carbonyl (C=O) groups is 1. The molecule has 2 aliphatic carbocycles. The quantitative estimate of drug-likeness (QED) is 0.825. The second-order valence-electron chi connectivity index (χ2n) is 8.08. The van der Waals surface area contributed by atoms with Gasteiger partial charge in [-0.3, -0.25) is 0 Å². The van der Waals surface area contributed by atoms with Crippen LogP contribution in [-0.4, -0.2) is 29.8 Å². The molecular formula is C18H34N2O2. The fraction of sp³-hybridized carbons (Fsp3) is 0.944. The maximum absolute atomic E-state index is 11.9. The summed E-state index contributed by atoms with van der Waals surface area (Å²) in [5.41, 5.74) is -0.420. The molecule has 0 aromatic heterocycles. The lowest BCUT2D eigenvalue weighted by Crippen LogP contribution is -2.44. The highest BCUT2D eigenvalue weighted by Gasteiger charge is 2.31. The van der Waals surface area contributed by atoms with E-state index < -0.39 is 5.60 Å². The Labute approximate surface area is 135 Å². The normalized spacial score (nSPS) is 32.7. The van der Waals surface area contributed by atoms with Crippen LogP contribution in [-0.2, 0) is 4.74 Å². The van der Waals surface area contributed by atoms with Crippen LogP contribution in [0.4, 0.5) is 4.79 Å². The van der Waals surface area contributed by atoms with Gasteiger partial charge >= 0.3 is 6.09 Å². The number of carbonyl (C=O) groups excluding carboxylic acids is 1. The highest BCUT2D eigenvalue weighted by Crippen LogP contribution is 2.29. The third-order valence-corrected chi connectivity index (χ3v) is 5.04. The molecule has 0 heterocycles. The Morgan fingerprint density at radius 1 is 1.09 bits per heavy atom. The number of alkyl carbamates (subject to hydrolysis) is 1. The topological polar surface area (TPSA) is 50.4 Å². The molecule has 128 valence electrons. The average molecular weight is 310 g/mol. The summed E-state index contributed by atoms with van der Waals surface area (Å²) in [5.74, 6) is 0.839. The first-order valence-electron chi connectivity index (χ1n) is 9.13. The molecule has 22 heavy (non-hydrogen) atoms. The molecule has 4 unspecified atom stereocenters. The molecule has 4 nitrogen and oxygen atoms in total. The molecule has 2 saturated carbocycles. The summed E-state index contributed by atoms with van der Waals surface area (Å²) in [6, 6.07) is 1.50. The molecule has 4 atom stereocenters. The van der Waals surface area contributed by atoms with Gasteiger partial charge < -0.3 is 15.4 Å². The van der Waals surface area contributed by atoms with Gasteiger partial charge in [-0.05, 0) is 58.8 Å². The summed E-state index contributed by atoms with van der Waals surface area (Å²) in [6.45, 7) is 8.02. The first kappa shape index (κ1) is 17.6. The van der Waals surface area contributed by atoms with Crippen LogP contribution in [0.5, 0.6) is 0 Å². The Morgan fingerprint density at radius 2 is 1.77 bits per heavy atom. The van der Waals surface area contributed by atoms with E-state index in [0.717, 1.165) is 25.2 Å². The zero-order chi connectivity index (χ0) is 16.2. The van der Waals surface area contributed by atoms with Gasteiger partial charge in [0.25, 0.3) is 0 Å². The van der Waals surface area contributed by atoms with Crippen molar-refractivity contribution in [1.29, 1.82) is 0 Å². The summed E-state index contributed by atoms with van der Waals surface area (Å²) in [4.78, 5) is 11.9. The van der Waals surface area contributed by atoms with Crippen LogP contribution in [0.1, 0.15) is 79.1 Å². The lowest BCUT2D eigenvalue weighted by Gasteiger charge is -2.34. The summed E-state index contributed by atoms with van der Waals surface area (Å²) in [6.07, 6.45) is 9.70. The van der Waals surface area contributed by atoms with E-state index in [1.807, 2.05) is 20.8 Å². The zero-order valence-electron chi connectivity index (χ0n) is 14.8. The molecular weight excluding hydrogens is 276 g/mol. The van der Waals surface area contributed by atoms with E-state index in [1.54, 1.807) is 0 Å². The molecule has 4 heteroatoms. The molecule has 2 fully saturated rings. The number of nitrogens with one attached hydrogen (secondary N) is 2. The fourth-order valence-corrected chi connectivity index (χ4v) is 3.96. The van der Waals surface area contributed by atoms with Crippen LogP contribution in [0.3, 0.4) is 0 Å². The Bertz CT molecular complexity index is 365. The van der Waals surface area contributed by atoms with Crippen LogP contribution < -0.4 is 10.6 Å². The maximum Gasteiger partial charge on any atom is 0.407 e. The predicted octanol–water partition coefficient (Wildman–Crippen LogP) is 3.99. The number of amides is 1. The average Bonchev–Trinajstić information content (AvgIpc) is 2.84. The van der Waals surface area contributed by atoms with Crippen LogP contribution in [0.25, 0.3) is 0 Å². The van der Waals surface area contributed by atoms with Crippen molar-refractivity contribution in [1.82, 2.24) is 10.6 Å². The minimum atomic E-state index is -0.420. The second-order valence-corrected chi connectivity index (χ2v) is 8.08. The number of ether oxygens (including phenoxy) is 1. The van der Waals surface area contributed by atoms with Gasteiger partial charge in [-0.2, -0.15) is 0 Å². The monoisotopic (exact) mass is 310 g/mol. The van der Waals surface area contributed by atoms with Crippen molar-refractivity contribution >= 4 is 6.09 Å². The number of hydrogen-bond donors (Lipinski definition) is 2. The third-order valence-electron chi connectivity index (χ3n) is 5.04. The molecule has 0 spiro atoms. The van der Waals surface area contributed by atoms with Crippen LogP contribution >= 0.6 is 0 Å². The van der Waals surface area contributed by atoms with Gasteiger partial charge in [-0.25, -0.2) is 4.79 Å². The largest absolute Gasteiger partial charge is 0.444 e. The van der Waals surface area contributed by atoms with Gasteiger partial charge in [-0.1, -0.05) is 26.2 Å². The Morgan fingerprint density at radius 3 is 2.45 bits per heavy atom. The van der Waals surface area contributed by atoms with Crippen molar-refractivity contribution in [2.45, 2.75) is 103 Å². The standard InChI is InChI=1S/C18H34N2O2/c1-5-13-8-6-7-9-16(13)19-14-10-11-15(12-14)20-17(21)22-18(2,3)4/h13-16,19H,5-12H2,1-4H3,(H,20,21). The minimum Gasteiger partial charge on any atom is -0.444 e. The molecule has 0 aromatic carbocycles. The molecule has 0 aromatic rings. The Kier molecular flexibility index (Phi) is 6.13. The third kappa shape index (κ3) is 5.45. The molecule has 2 N–H and O–H groups in total. The van der Waals surface area contributed by atoms with E-state index in [9.17, 15) is 4.79 Å². The van der Waals surface area contributed by atoms with E-state index >= 15 is 0 Å². The molecule has 0 saturated heterocycles. The molecule has 0 aliphatic heterocycles. The number of hydrogen-bond acceptors (Lipinski definition) is 3. The van der Waals surface area contributed by atoms with Crippen molar-refractivity contribution in [2.24, 2.45) is 5.92 Å². The van der Waals surface area contributed by atoms with Gasteiger partial charge in [0.05, 0.1) is 0 Å². The van der Waals surface area contributed by atoms with E-state index in [-0.39, 0.29) is 12.1 Å². The van der Waals surface area contributed by atoms with Gasteiger partial charge in [0, 0.05) is 18.1 Å². The Hall–Kier alpha value is -0.770. The summed E-state index contributed by atoms with van der Waals surface area (Å²) in [7, 11) is 0. The van der Waals surface area contributed by atoms with E-state index in [1.165, 1.54) is 32.1 Å². The van der Waals surface area contributed by atoms with Gasteiger partial charge in [0.15, 0.2) is 0 Å². The van der Waals surface area contributed by atoms with E-state index in [2.05, 4.69) is 17.6 Å². The predicted molar refractivity (Wildman–Crippen MR) is 90.0 cm³/mol. The van der Waals surface area contributed by atoms with Crippen molar-refractivity contribution in [3.8, 4) is 0 Å².